The molecule has 0 fully saturated rings. The van der Waals surface area contributed by atoms with E-state index in [1.807, 2.05) is 0 Å². The van der Waals surface area contributed by atoms with Crippen LogP contribution in [0.1, 0.15) is 13.8 Å². The average molecular weight is 477 g/mol. The molecule has 1 unspecified atom stereocenters. The molecule has 0 saturated carbocycles. The zero-order chi connectivity index (χ0) is 23.6. The molecule has 32 heavy (non-hydrogen) atoms. The Morgan fingerprint density at radius 1 is 1.12 bits per heavy atom. The Morgan fingerprint density at radius 2 is 1.81 bits per heavy atom. The molecule has 0 aliphatic heterocycles. The van der Waals surface area contributed by atoms with Crippen molar-refractivity contribution in [3.8, 4) is 0 Å². The summed E-state index contributed by atoms with van der Waals surface area (Å²) < 4.78 is 48.1. The maximum atomic E-state index is 12.8. The highest BCUT2D eigenvalue weighted by Gasteiger charge is 2.27. The van der Waals surface area contributed by atoms with Crippen LogP contribution < -0.4 is 5.73 Å². The van der Waals surface area contributed by atoms with Gasteiger partial charge in [0, 0.05) is 6.54 Å². The fourth-order valence-corrected chi connectivity index (χ4v) is 3.11. The Hall–Kier alpha value is -3.00. The molecular weight excluding hydrogens is 453 g/mol. The molecule has 2 rings (SSSR count). The van der Waals surface area contributed by atoms with Crippen LogP contribution in [0.3, 0.4) is 0 Å². The third-order valence-electron chi connectivity index (χ3n) is 3.51. The summed E-state index contributed by atoms with van der Waals surface area (Å²) in [5, 5.41) is 0. The number of nitrogen functional groups attached to an aromatic ring is 1. The summed E-state index contributed by atoms with van der Waals surface area (Å²) in [7, 11) is -2.91. The molecule has 0 radical (unpaired) electrons. The van der Waals surface area contributed by atoms with E-state index in [2.05, 4.69) is 29.2 Å². The largest absolute Gasteiger partial charge is 0.510 e. The van der Waals surface area contributed by atoms with Crippen molar-refractivity contribution in [2.75, 3.05) is 39.4 Å². The number of nitrogens with two attached hydrogens (primary N) is 1. The number of hydrogen-bond donors (Lipinski definition) is 1. The molecule has 16 heteroatoms. The summed E-state index contributed by atoms with van der Waals surface area (Å²) in [6.07, 6.45) is -0.220. The molecule has 1 atom stereocenters. The number of ether oxygens (including phenoxy) is 5. The van der Waals surface area contributed by atoms with Gasteiger partial charge in [-0.1, -0.05) is 0 Å². The second kappa shape index (κ2) is 12.1. The predicted octanol–water partition coefficient (Wildman–Crippen LogP) is 1.87. The van der Waals surface area contributed by atoms with Crippen LogP contribution >= 0.6 is 7.60 Å². The number of nitrogens with zero attached hydrogens (tertiary/aromatic N) is 4. The van der Waals surface area contributed by atoms with Crippen LogP contribution in [-0.2, 0) is 43.8 Å². The van der Waals surface area contributed by atoms with Gasteiger partial charge in [0.25, 0.3) is 0 Å². The van der Waals surface area contributed by atoms with Crippen LogP contribution in [-0.4, -0.2) is 71.6 Å². The zero-order valence-electron chi connectivity index (χ0n) is 17.7. The number of carbonyl (C=O) groups excluding carboxylic acids is 2. The van der Waals surface area contributed by atoms with Gasteiger partial charge in [0.05, 0.1) is 26.1 Å². The van der Waals surface area contributed by atoms with Gasteiger partial charge in [-0.05, 0) is 13.8 Å². The minimum atomic E-state index is -4.00. The number of imidazole rings is 1. The fraction of sp³-hybridized carbons (Fsp3) is 0.562. The van der Waals surface area contributed by atoms with Gasteiger partial charge in [-0.2, -0.15) is 0 Å². The van der Waals surface area contributed by atoms with Gasteiger partial charge >= 0.3 is 19.9 Å². The van der Waals surface area contributed by atoms with Crippen LogP contribution in [0, 0.1) is 0 Å². The second-order valence-electron chi connectivity index (χ2n) is 6.17. The highest BCUT2D eigenvalue weighted by Crippen LogP contribution is 2.48. The molecule has 2 heterocycles. The molecule has 2 aromatic rings. The number of carbonyl (C=O) groups is 2. The van der Waals surface area contributed by atoms with Gasteiger partial charge in [0.1, 0.15) is 18.2 Å². The van der Waals surface area contributed by atoms with Crippen molar-refractivity contribution >= 4 is 36.9 Å². The summed E-state index contributed by atoms with van der Waals surface area (Å²) >= 11 is 0. The van der Waals surface area contributed by atoms with E-state index in [-0.39, 0.29) is 19.0 Å². The maximum absolute atomic E-state index is 12.8. The Bertz CT molecular complexity index is 952. The van der Waals surface area contributed by atoms with E-state index >= 15 is 0 Å². The van der Waals surface area contributed by atoms with Crippen LogP contribution in [0.2, 0.25) is 0 Å². The molecule has 0 bridgehead atoms. The smallest absolute Gasteiger partial charge is 0.438 e. The Balaban J connectivity index is 1.88. The zero-order valence-corrected chi connectivity index (χ0v) is 18.6. The van der Waals surface area contributed by atoms with Gasteiger partial charge in [0.2, 0.25) is 13.6 Å². The van der Waals surface area contributed by atoms with Crippen molar-refractivity contribution in [3.63, 3.8) is 0 Å². The molecule has 0 aliphatic carbocycles. The van der Waals surface area contributed by atoms with Crippen LogP contribution in [0.5, 0.6) is 0 Å². The summed E-state index contributed by atoms with van der Waals surface area (Å²) in [4.78, 5) is 34.5. The van der Waals surface area contributed by atoms with Crippen molar-refractivity contribution in [2.24, 2.45) is 0 Å². The highest BCUT2D eigenvalue weighted by atomic mass is 31.2. The first-order valence-corrected chi connectivity index (χ1v) is 10.9. The minimum absolute atomic E-state index is 0.0557. The molecule has 0 aromatic carbocycles. The van der Waals surface area contributed by atoms with E-state index in [0.29, 0.717) is 11.2 Å². The number of hydrogen-bond acceptors (Lipinski definition) is 14. The number of rotatable bonds is 12. The first kappa shape index (κ1) is 25.3. The number of anilines is 1. The maximum Gasteiger partial charge on any atom is 0.510 e. The first-order valence-electron chi connectivity index (χ1n) is 9.15. The average Bonchev–Trinajstić information content (AvgIpc) is 3.15. The van der Waals surface area contributed by atoms with Crippen molar-refractivity contribution in [2.45, 2.75) is 26.5 Å². The van der Waals surface area contributed by atoms with Crippen molar-refractivity contribution in [1.29, 1.82) is 0 Å². The number of fused-ring (bicyclic) bond motifs is 1. The van der Waals surface area contributed by atoms with E-state index in [0.717, 1.165) is 7.11 Å². The molecule has 0 saturated heterocycles. The standard InChI is InChI=1S/C16H24N5O10P/c1-11(2)31-16(23)28-9-30-32(24,29-8-27-15(22)25-3)10-26-5-4-21-7-20-12-13(17)18-6-19-14(12)21/h6-7,11H,4-5,8-10H2,1-3H3,(H2,17,18,19). The first-order chi connectivity index (χ1) is 15.2. The quantitative estimate of drug-likeness (QED) is 0.202. The van der Waals surface area contributed by atoms with Gasteiger partial charge in [-0.25, -0.2) is 24.5 Å². The van der Waals surface area contributed by atoms with Gasteiger partial charge in [0.15, 0.2) is 11.5 Å². The number of methoxy groups -OCH3 is 1. The molecule has 15 nitrogen and oxygen atoms in total. The SMILES string of the molecule is COC(=O)OCOP(=O)(COCCn1cnc2c(N)ncnc21)OCOC(=O)OC(C)C. The molecule has 0 amide bonds. The Labute approximate surface area is 182 Å². The van der Waals surface area contributed by atoms with Gasteiger partial charge in [-0.3, -0.25) is 13.6 Å². The Morgan fingerprint density at radius 3 is 2.47 bits per heavy atom. The summed E-state index contributed by atoms with van der Waals surface area (Å²) in [6, 6.07) is 0. The van der Waals surface area contributed by atoms with E-state index < -0.39 is 45.9 Å². The normalized spacial score (nSPS) is 13.0. The van der Waals surface area contributed by atoms with Crippen LogP contribution in [0.15, 0.2) is 12.7 Å². The predicted molar refractivity (Wildman–Crippen MR) is 106 cm³/mol. The second-order valence-corrected chi connectivity index (χ2v) is 8.17. The number of aromatic nitrogens is 4. The lowest BCUT2D eigenvalue weighted by Crippen LogP contribution is -2.16. The fourth-order valence-electron chi connectivity index (χ4n) is 2.11. The van der Waals surface area contributed by atoms with E-state index in [1.165, 1.54) is 12.7 Å². The van der Waals surface area contributed by atoms with Crippen LogP contribution in [0.25, 0.3) is 11.2 Å². The monoisotopic (exact) mass is 477 g/mol. The summed E-state index contributed by atoms with van der Waals surface area (Å²) in [5.74, 6) is 0.238. The summed E-state index contributed by atoms with van der Waals surface area (Å²) in [5.41, 5.74) is 6.68. The molecule has 2 aromatic heterocycles. The van der Waals surface area contributed by atoms with E-state index in [4.69, 9.17) is 24.3 Å². The molecular formula is C16H24N5O10P. The topological polar surface area (TPSA) is 185 Å². The van der Waals surface area contributed by atoms with Gasteiger partial charge < -0.3 is 34.0 Å². The van der Waals surface area contributed by atoms with E-state index in [1.54, 1.807) is 18.4 Å². The Kier molecular flexibility index (Phi) is 9.59. The van der Waals surface area contributed by atoms with Crippen LogP contribution in [0.4, 0.5) is 15.4 Å². The highest BCUT2D eigenvalue weighted by molar-refractivity contribution is 7.53. The van der Waals surface area contributed by atoms with E-state index in [9.17, 15) is 14.2 Å². The molecule has 0 spiro atoms. The molecule has 0 aliphatic rings. The van der Waals surface area contributed by atoms with Crippen molar-refractivity contribution in [3.05, 3.63) is 12.7 Å². The van der Waals surface area contributed by atoms with Gasteiger partial charge in [-0.15, -0.1) is 0 Å². The lowest BCUT2D eigenvalue weighted by Gasteiger charge is -2.18. The third kappa shape index (κ3) is 7.92. The third-order valence-corrected chi connectivity index (χ3v) is 5.00. The van der Waals surface area contributed by atoms with Crippen molar-refractivity contribution < 1.29 is 46.9 Å². The molecule has 178 valence electrons. The minimum Gasteiger partial charge on any atom is -0.438 e. The lowest BCUT2D eigenvalue weighted by atomic mass is 10.5. The summed E-state index contributed by atoms with van der Waals surface area (Å²) in [6.45, 7) is 2.10. The lowest BCUT2D eigenvalue weighted by molar-refractivity contribution is -0.0287. The van der Waals surface area contributed by atoms with Crippen molar-refractivity contribution in [1.82, 2.24) is 19.5 Å². The molecule has 2 N–H and O–H groups in total.